The third kappa shape index (κ3) is 2.88. The lowest BCUT2D eigenvalue weighted by atomic mass is 10.1. The number of hydrogen-bond donors (Lipinski definition) is 1. The molecule has 0 spiro atoms. The average molecular weight is 322 g/mol. The van der Waals surface area contributed by atoms with Gasteiger partial charge < -0.3 is 10.5 Å². The summed E-state index contributed by atoms with van der Waals surface area (Å²) in [4.78, 5) is 6.83. The minimum Gasteiger partial charge on any atom is -0.383 e. The number of aromatic nitrogens is 1. The maximum Gasteiger partial charge on any atom is 0.128 e. The van der Waals surface area contributed by atoms with Crippen molar-refractivity contribution in [1.29, 1.82) is 0 Å². The first-order valence-electron chi connectivity index (χ1n) is 6.37. The minimum atomic E-state index is 0.626. The SMILES string of the molecule is Nc1nc2ccc(Br)cc2cc1CN1CCOCC1. The van der Waals surface area contributed by atoms with Gasteiger partial charge in [-0.25, -0.2) is 4.98 Å². The monoisotopic (exact) mass is 321 g/mol. The standard InChI is InChI=1S/C14H16BrN3O/c15-12-1-2-13-10(8-12)7-11(14(16)17-13)9-18-3-5-19-6-4-18/h1-2,7-8H,3-6,9H2,(H2,16,17). The van der Waals surface area contributed by atoms with E-state index in [1.807, 2.05) is 12.1 Å². The fourth-order valence-electron chi connectivity index (χ4n) is 2.33. The Morgan fingerprint density at radius 3 is 2.84 bits per heavy atom. The zero-order valence-corrected chi connectivity index (χ0v) is 12.2. The van der Waals surface area contributed by atoms with Gasteiger partial charge >= 0.3 is 0 Å². The molecule has 3 rings (SSSR count). The van der Waals surface area contributed by atoms with Crippen molar-refractivity contribution in [2.45, 2.75) is 6.54 Å². The molecule has 4 nitrogen and oxygen atoms in total. The van der Waals surface area contributed by atoms with Crippen LogP contribution in [0.5, 0.6) is 0 Å². The van der Waals surface area contributed by atoms with Gasteiger partial charge in [0, 0.05) is 35.1 Å². The lowest BCUT2D eigenvalue weighted by Crippen LogP contribution is -2.35. The Morgan fingerprint density at radius 2 is 2.05 bits per heavy atom. The van der Waals surface area contributed by atoms with Crippen molar-refractivity contribution in [3.8, 4) is 0 Å². The number of morpholine rings is 1. The van der Waals surface area contributed by atoms with E-state index in [9.17, 15) is 0 Å². The molecule has 1 aliphatic rings. The predicted octanol–water partition coefficient (Wildman–Crippen LogP) is 2.41. The number of anilines is 1. The summed E-state index contributed by atoms with van der Waals surface area (Å²) in [6.07, 6.45) is 0. The zero-order valence-electron chi connectivity index (χ0n) is 10.6. The Labute approximate surface area is 120 Å². The molecule has 1 aromatic carbocycles. The second-order valence-corrected chi connectivity index (χ2v) is 5.67. The highest BCUT2D eigenvalue weighted by atomic mass is 79.9. The van der Waals surface area contributed by atoms with Crippen LogP contribution in [0.3, 0.4) is 0 Å². The van der Waals surface area contributed by atoms with Crippen molar-refractivity contribution in [3.05, 3.63) is 34.3 Å². The van der Waals surface area contributed by atoms with Crippen LogP contribution >= 0.6 is 15.9 Å². The Hall–Kier alpha value is -1.17. The van der Waals surface area contributed by atoms with Crippen molar-refractivity contribution < 1.29 is 4.74 Å². The number of nitrogens with two attached hydrogens (primary N) is 1. The topological polar surface area (TPSA) is 51.4 Å². The molecule has 100 valence electrons. The molecule has 0 aliphatic carbocycles. The molecule has 0 saturated carbocycles. The molecule has 5 heteroatoms. The van der Waals surface area contributed by atoms with Crippen LogP contribution in [0.2, 0.25) is 0 Å². The van der Waals surface area contributed by atoms with Crippen LogP contribution in [0.15, 0.2) is 28.7 Å². The van der Waals surface area contributed by atoms with E-state index < -0.39 is 0 Å². The van der Waals surface area contributed by atoms with Gasteiger partial charge in [-0.3, -0.25) is 4.90 Å². The molecule has 1 aromatic heterocycles. The van der Waals surface area contributed by atoms with Crippen molar-refractivity contribution in [3.63, 3.8) is 0 Å². The van der Waals surface area contributed by atoms with E-state index in [1.54, 1.807) is 0 Å². The molecule has 1 fully saturated rings. The first kappa shape index (κ1) is 12.8. The highest BCUT2D eigenvalue weighted by molar-refractivity contribution is 9.10. The van der Waals surface area contributed by atoms with Crippen LogP contribution in [0.25, 0.3) is 10.9 Å². The molecule has 0 radical (unpaired) electrons. The Morgan fingerprint density at radius 1 is 1.26 bits per heavy atom. The van der Waals surface area contributed by atoms with E-state index in [4.69, 9.17) is 10.5 Å². The maximum atomic E-state index is 6.06. The third-order valence-corrected chi connectivity index (χ3v) is 3.88. The summed E-state index contributed by atoms with van der Waals surface area (Å²) < 4.78 is 6.42. The highest BCUT2D eigenvalue weighted by Gasteiger charge is 2.13. The van der Waals surface area contributed by atoms with Gasteiger partial charge in [0.2, 0.25) is 0 Å². The summed E-state index contributed by atoms with van der Waals surface area (Å²) in [6, 6.07) is 8.17. The number of hydrogen-bond acceptors (Lipinski definition) is 4. The highest BCUT2D eigenvalue weighted by Crippen LogP contribution is 2.23. The van der Waals surface area contributed by atoms with Crippen LogP contribution in [0.1, 0.15) is 5.56 Å². The quantitative estimate of drug-likeness (QED) is 0.922. The van der Waals surface area contributed by atoms with Gasteiger partial charge in [-0.1, -0.05) is 15.9 Å². The van der Waals surface area contributed by atoms with Crippen LogP contribution in [-0.4, -0.2) is 36.2 Å². The van der Waals surface area contributed by atoms with Gasteiger partial charge in [-0.15, -0.1) is 0 Å². The Balaban J connectivity index is 1.91. The summed E-state index contributed by atoms with van der Waals surface area (Å²) in [5, 5.41) is 1.12. The lowest BCUT2D eigenvalue weighted by molar-refractivity contribution is 0.0342. The first-order valence-corrected chi connectivity index (χ1v) is 7.16. The second-order valence-electron chi connectivity index (χ2n) is 4.76. The number of fused-ring (bicyclic) bond motifs is 1. The first-order chi connectivity index (χ1) is 9.22. The summed E-state index contributed by atoms with van der Waals surface area (Å²) in [7, 11) is 0. The van der Waals surface area contributed by atoms with Gasteiger partial charge in [0.05, 0.1) is 18.7 Å². The number of halogens is 1. The molecule has 2 heterocycles. The van der Waals surface area contributed by atoms with E-state index in [0.717, 1.165) is 53.8 Å². The van der Waals surface area contributed by atoms with Crippen LogP contribution in [-0.2, 0) is 11.3 Å². The van der Waals surface area contributed by atoms with E-state index in [2.05, 4.69) is 37.9 Å². The fourth-order valence-corrected chi connectivity index (χ4v) is 2.71. The smallest absolute Gasteiger partial charge is 0.128 e. The fraction of sp³-hybridized carbons (Fsp3) is 0.357. The van der Waals surface area contributed by atoms with Crippen LogP contribution in [0.4, 0.5) is 5.82 Å². The van der Waals surface area contributed by atoms with Crippen molar-refractivity contribution in [2.75, 3.05) is 32.0 Å². The number of benzene rings is 1. The Bertz CT molecular complexity index is 597. The summed E-state index contributed by atoms with van der Waals surface area (Å²) >= 11 is 3.49. The molecular weight excluding hydrogens is 306 g/mol. The average Bonchev–Trinajstić information content (AvgIpc) is 2.41. The molecule has 2 N–H and O–H groups in total. The molecule has 0 atom stereocenters. The van der Waals surface area contributed by atoms with Crippen molar-refractivity contribution >= 4 is 32.7 Å². The molecule has 2 aromatic rings. The summed E-state index contributed by atoms with van der Waals surface area (Å²) in [5.41, 5.74) is 8.09. The van der Waals surface area contributed by atoms with Crippen LogP contribution < -0.4 is 5.73 Å². The van der Waals surface area contributed by atoms with Gasteiger partial charge in [-0.2, -0.15) is 0 Å². The van der Waals surface area contributed by atoms with E-state index in [1.165, 1.54) is 0 Å². The van der Waals surface area contributed by atoms with Gasteiger partial charge in [0.1, 0.15) is 5.82 Å². The zero-order chi connectivity index (χ0) is 13.2. The molecular formula is C14H16BrN3O. The van der Waals surface area contributed by atoms with Gasteiger partial charge in [0.25, 0.3) is 0 Å². The second kappa shape index (κ2) is 5.45. The molecule has 0 bridgehead atoms. The lowest BCUT2D eigenvalue weighted by Gasteiger charge is -2.26. The number of nitrogen functional groups attached to an aromatic ring is 1. The molecule has 1 saturated heterocycles. The summed E-state index contributed by atoms with van der Waals surface area (Å²) in [6.45, 7) is 4.34. The molecule has 1 aliphatic heterocycles. The van der Waals surface area contributed by atoms with E-state index >= 15 is 0 Å². The summed E-state index contributed by atoms with van der Waals surface area (Å²) in [5.74, 6) is 0.626. The minimum absolute atomic E-state index is 0.626. The maximum absolute atomic E-state index is 6.06. The predicted molar refractivity (Wildman–Crippen MR) is 80.0 cm³/mol. The third-order valence-electron chi connectivity index (χ3n) is 3.39. The molecule has 19 heavy (non-hydrogen) atoms. The van der Waals surface area contributed by atoms with Crippen molar-refractivity contribution in [1.82, 2.24) is 9.88 Å². The van der Waals surface area contributed by atoms with Crippen LogP contribution in [0, 0.1) is 0 Å². The van der Waals surface area contributed by atoms with Gasteiger partial charge in [0.15, 0.2) is 0 Å². The van der Waals surface area contributed by atoms with E-state index in [-0.39, 0.29) is 0 Å². The largest absolute Gasteiger partial charge is 0.383 e. The van der Waals surface area contributed by atoms with Crippen molar-refractivity contribution in [2.24, 2.45) is 0 Å². The molecule has 0 amide bonds. The Kier molecular flexibility index (Phi) is 3.68. The van der Waals surface area contributed by atoms with Gasteiger partial charge in [-0.05, 0) is 24.3 Å². The number of pyridine rings is 1. The molecule has 0 unspecified atom stereocenters. The number of ether oxygens (including phenoxy) is 1. The van der Waals surface area contributed by atoms with E-state index in [0.29, 0.717) is 5.82 Å². The normalized spacial score (nSPS) is 16.9. The number of nitrogens with zero attached hydrogens (tertiary/aromatic N) is 2. The number of rotatable bonds is 2.